The van der Waals surface area contributed by atoms with Gasteiger partial charge in [0.1, 0.15) is 0 Å². The normalized spacial score (nSPS) is 12.6. The molecule has 0 amide bonds. The van der Waals surface area contributed by atoms with Crippen molar-refractivity contribution in [3.05, 3.63) is 47.3 Å². The summed E-state index contributed by atoms with van der Waals surface area (Å²) < 4.78 is 12.9. The van der Waals surface area contributed by atoms with Gasteiger partial charge in [0.05, 0.1) is 15.0 Å². The number of aryl methyl sites for hydroxylation is 1. The molecule has 2 rings (SSSR count). The van der Waals surface area contributed by atoms with Crippen LogP contribution in [0.15, 0.2) is 50.9 Å². The minimum atomic E-state index is -1.01. The number of hydrogen-bond acceptors (Lipinski definition) is 2. The lowest BCUT2D eigenvalue weighted by Crippen LogP contribution is -1.89. The Morgan fingerprint density at radius 3 is 2.43 bits per heavy atom. The molecule has 0 aliphatic carbocycles. The SMILES string of the molecule is Cc1ccc([S@@](=O)c2cccs2)cc1. The molecule has 1 atom stereocenters. The van der Waals surface area contributed by atoms with Crippen molar-refractivity contribution in [3.63, 3.8) is 0 Å². The minimum Gasteiger partial charge on any atom is -0.248 e. The molecule has 1 heterocycles. The van der Waals surface area contributed by atoms with Crippen molar-refractivity contribution < 1.29 is 4.21 Å². The molecule has 1 nitrogen and oxygen atoms in total. The van der Waals surface area contributed by atoms with E-state index in [0.29, 0.717) is 0 Å². The highest BCUT2D eigenvalue weighted by Gasteiger charge is 2.06. The average molecular weight is 222 g/mol. The standard InChI is InChI=1S/C11H10OS2/c1-9-4-6-10(7-5-9)14(12)11-3-2-8-13-11/h2-8H,1H3/t14-/m1/s1. The number of thiophene rings is 1. The molecule has 72 valence electrons. The molecule has 0 fully saturated rings. The molecule has 1 aromatic heterocycles. The van der Waals surface area contributed by atoms with Crippen LogP contribution in [0.5, 0.6) is 0 Å². The summed E-state index contributed by atoms with van der Waals surface area (Å²) in [6, 6.07) is 11.6. The lowest BCUT2D eigenvalue weighted by molar-refractivity contribution is 0.684. The number of hydrogen-bond donors (Lipinski definition) is 0. The van der Waals surface area contributed by atoms with E-state index >= 15 is 0 Å². The smallest absolute Gasteiger partial charge is 0.0960 e. The van der Waals surface area contributed by atoms with Crippen LogP contribution >= 0.6 is 11.3 Å². The highest BCUT2D eigenvalue weighted by atomic mass is 32.2. The fourth-order valence-electron chi connectivity index (χ4n) is 1.15. The van der Waals surface area contributed by atoms with E-state index in [4.69, 9.17) is 0 Å². The molecule has 14 heavy (non-hydrogen) atoms. The second kappa shape index (κ2) is 4.07. The quantitative estimate of drug-likeness (QED) is 0.762. The van der Waals surface area contributed by atoms with Crippen LogP contribution in [0.1, 0.15) is 5.56 Å². The third-order valence-electron chi connectivity index (χ3n) is 1.91. The van der Waals surface area contributed by atoms with Gasteiger partial charge < -0.3 is 0 Å². The Kier molecular flexibility index (Phi) is 2.79. The molecular weight excluding hydrogens is 212 g/mol. The van der Waals surface area contributed by atoms with Gasteiger partial charge in [-0.2, -0.15) is 0 Å². The van der Waals surface area contributed by atoms with E-state index in [1.807, 2.05) is 48.7 Å². The summed E-state index contributed by atoms with van der Waals surface area (Å²) in [6.07, 6.45) is 0. The first-order valence-corrected chi connectivity index (χ1v) is 6.32. The Balaban J connectivity index is 2.33. The van der Waals surface area contributed by atoms with E-state index in [2.05, 4.69) is 0 Å². The second-order valence-corrected chi connectivity index (χ2v) is 5.67. The molecule has 0 unspecified atom stereocenters. The van der Waals surface area contributed by atoms with E-state index < -0.39 is 10.8 Å². The molecule has 0 bridgehead atoms. The predicted molar refractivity (Wildman–Crippen MR) is 60.2 cm³/mol. The Morgan fingerprint density at radius 2 is 1.86 bits per heavy atom. The average Bonchev–Trinajstić information content (AvgIpc) is 2.71. The zero-order valence-electron chi connectivity index (χ0n) is 7.77. The van der Waals surface area contributed by atoms with Crippen LogP contribution in [-0.4, -0.2) is 4.21 Å². The maximum Gasteiger partial charge on any atom is 0.0960 e. The molecule has 1 aromatic carbocycles. The summed E-state index contributed by atoms with van der Waals surface area (Å²) in [5, 5.41) is 1.95. The fourth-order valence-corrected chi connectivity index (χ4v) is 3.22. The molecule has 0 aliphatic rings. The first-order chi connectivity index (χ1) is 6.77. The van der Waals surface area contributed by atoms with Crippen molar-refractivity contribution in [1.82, 2.24) is 0 Å². The van der Waals surface area contributed by atoms with Crippen LogP contribution in [0.2, 0.25) is 0 Å². The molecular formula is C11H10OS2. The van der Waals surface area contributed by atoms with Crippen molar-refractivity contribution in [1.29, 1.82) is 0 Å². The van der Waals surface area contributed by atoms with E-state index in [9.17, 15) is 4.21 Å². The summed E-state index contributed by atoms with van der Waals surface area (Å²) in [5.74, 6) is 0. The summed E-state index contributed by atoms with van der Waals surface area (Å²) in [4.78, 5) is 0.873. The third-order valence-corrected chi connectivity index (χ3v) is 4.52. The summed E-state index contributed by atoms with van der Waals surface area (Å²) in [6.45, 7) is 2.03. The summed E-state index contributed by atoms with van der Waals surface area (Å²) >= 11 is 1.53. The number of benzene rings is 1. The lowest BCUT2D eigenvalue weighted by Gasteiger charge is -1.99. The van der Waals surface area contributed by atoms with E-state index in [-0.39, 0.29) is 0 Å². The molecule has 0 radical (unpaired) electrons. The lowest BCUT2D eigenvalue weighted by atomic mass is 10.2. The Bertz CT molecular complexity index is 429. The zero-order valence-corrected chi connectivity index (χ0v) is 9.40. The molecule has 0 spiro atoms. The van der Waals surface area contributed by atoms with Gasteiger partial charge in [0.15, 0.2) is 0 Å². The number of rotatable bonds is 2. The van der Waals surface area contributed by atoms with E-state index in [0.717, 1.165) is 9.10 Å². The maximum absolute atomic E-state index is 11.9. The van der Waals surface area contributed by atoms with Gasteiger partial charge in [0.25, 0.3) is 0 Å². The van der Waals surface area contributed by atoms with Gasteiger partial charge in [-0.3, -0.25) is 0 Å². The predicted octanol–water partition coefficient (Wildman–Crippen LogP) is 3.22. The topological polar surface area (TPSA) is 17.1 Å². The first kappa shape index (κ1) is 9.62. The molecule has 2 aromatic rings. The Morgan fingerprint density at radius 1 is 1.14 bits per heavy atom. The van der Waals surface area contributed by atoms with Gasteiger partial charge in [-0.25, -0.2) is 4.21 Å². The molecule has 0 saturated heterocycles. The van der Waals surface area contributed by atoms with Crippen molar-refractivity contribution in [3.8, 4) is 0 Å². The van der Waals surface area contributed by atoms with Gasteiger partial charge in [0.2, 0.25) is 0 Å². The largest absolute Gasteiger partial charge is 0.248 e. The van der Waals surface area contributed by atoms with Crippen LogP contribution in [0, 0.1) is 6.92 Å². The minimum absolute atomic E-state index is 0.873. The van der Waals surface area contributed by atoms with Gasteiger partial charge in [0, 0.05) is 4.90 Å². The van der Waals surface area contributed by atoms with Crippen LogP contribution in [0.3, 0.4) is 0 Å². The zero-order chi connectivity index (χ0) is 9.97. The second-order valence-electron chi connectivity index (χ2n) is 3.01. The van der Waals surface area contributed by atoms with E-state index in [1.54, 1.807) is 0 Å². The Hall–Kier alpha value is -0.930. The molecule has 3 heteroatoms. The molecule has 0 saturated carbocycles. The van der Waals surface area contributed by atoms with Crippen molar-refractivity contribution >= 4 is 22.1 Å². The van der Waals surface area contributed by atoms with Gasteiger partial charge in [-0.05, 0) is 30.5 Å². The van der Waals surface area contributed by atoms with Crippen molar-refractivity contribution in [2.45, 2.75) is 16.0 Å². The van der Waals surface area contributed by atoms with Crippen LogP contribution in [-0.2, 0) is 10.8 Å². The van der Waals surface area contributed by atoms with Crippen LogP contribution in [0.4, 0.5) is 0 Å². The van der Waals surface area contributed by atoms with Gasteiger partial charge >= 0.3 is 0 Å². The fraction of sp³-hybridized carbons (Fsp3) is 0.0909. The molecule has 0 N–H and O–H groups in total. The Labute approximate surface area is 89.9 Å². The summed E-state index contributed by atoms with van der Waals surface area (Å²) in [7, 11) is -1.01. The van der Waals surface area contributed by atoms with Gasteiger partial charge in [-0.1, -0.05) is 23.8 Å². The monoisotopic (exact) mass is 222 g/mol. The first-order valence-electron chi connectivity index (χ1n) is 4.29. The van der Waals surface area contributed by atoms with Crippen LogP contribution < -0.4 is 0 Å². The maximum atomic E-state index is 11.9. The van der Waals surface area contributed by atoms with Crippen LogP contribution in [0.25, 0.3) is 0 Å². The molecule has 0 aliphatic heterocycles. The summed E-state index contributed by atoms with van der Waals surface area (Å²) in [5.41, 5.74) is 1.19. The third kappa shape index (κ3) is 1.94. The van der Waals surface area contributed by atoms with Crippen molar-refractivity contribution in [2.75, 3.05) is 0 Å². The van der Waals surface area contributed by atoms with E-state index in [1.165, 1.54) is 16.9 Å². The highest BCUT2D eigenvalue weighted by molar-refractivity contribution is 7.87. The van der Waals surface area contributed by atoms with Gasteiger partial charge in [-0.15, -0.1) is 11.3 Å². The highest BCUT2D eigenvalue weighted by Crippen LogP contribution is 2.20. The van der Waals surface area contributed by atoms with Crippen molar-refractivity contribution in [2.24, 2.45) is 0 Å².